The van der Waals surface area contributed by atoms with E-state index in [0.717, 1.165) is 16.1 Å². The number of anilines is 1. The first-order chi connectivity index (χ1) is 13.4. The fraction of sp³-hybridized carbons (Fsp3) is 0.273. The van der Waals surface area contributed by atoms with Gasteiger partial charge < -0.3 is 14.8 Å². The minimum absolute atomic E-state index is 0.0796. The summed E-state index contributed by atoms with van der Waals surface area (Å²) in [5, 5.41) is 4.67. The van der Waals surface area contributed by atoms with Crippen molar-refractivity contribution >= 4 is 34.3 Å². The number of thioether (sulfide) groups is 1. The normalized spacial score (nSPS) is 13.6. The van der Waals surface area contributed by atoms with Crippen LogP contribution in [-0.2, 0) is 4.79 Å². The maximum absolute atomic E-state index is 12.6. The predicted octanol–water partition coefficient (Wildman–Crippen LogP) is 5.01. The number of ether oxygens (including phenoxy) is 2. The minimum atomic E-state index is -0.291. The lowest BCUT2D eigenvalue weighted by atomic mass is 10.0. The van der Waals surface area contributed by atoms with Gasteiger partial charge in [0, 0.05) is 17.1 Å². The van der Waals surface area contributed by atoms with Crippen LogP contribution in [-0.4, -0.2) is 22.9 Å². The second-order valence-electron chi connectivity index (χ2n) is 7.07. The molecule has 1 N–H and O–H groups in total. The van der Waals surface area contributed by atoms with Gasteiger partial charge in [0.1, 0.15) is 0 Å². The Morgan fingerprint density at radius 3 is 2.68 bits per heavy atom. The molecular formula is C22H22N2O3S. The molecule has 0 saturated carbocycles. The molecule has 144 valence electrons. The molecule has 1 atom stereocenters. The highest BCUT2D eigenvalue weighted by Crippen LogP contribution is 2.35. The Hall–Kier alpha value is -2.73. The van der Waals surface area contributed by atoms with Crippen LogP contribution >= 0.6 is 11.8 Å². The van der Waals surface area contributed by atoms with Gasteiger partial charge in [0.15, 0.2) is 11.5 Å². The van der Waals surface area contributed by atoms with Gasteiger partial charge in [-0.3, -0.25) is 4.79 Å². The first-order valence-electron chi connectivity index (χ1n) is 9.16. The third-order valence-corrected chi connectivity index (χ3v) is 5.76. The molecule has 1 aliphatic rings. The van der Waals surface area contributed by atoms with Gasteiger partial charge in [0.05, 0.1) is 15.8 Å². The van der Waals surface area contributed by atoms with E-state index in [1.165, 1.54) is 28.3 Å². The van der Waals surface area contributed by atoms with Gasteiger partial charge in [0.2, 0.25) is 12.7 Å². The van der Waals surface area contributed by atoms with Gasteiger partial charge >= 0.3 is 0 Å². The van der Waals surface area contributed by atoms with Crippen molar-refractivity contribution in [1.29, 1.82) is 0 Å². The van der Waals surface area contributed by atoms with Gasteiger partial charge in [-0.1, -0.05) is 23.4 Å². The van der Waals surface area contributed by atoms with E-state index in [4.69, 9.17) is 14.5 Å². The Labute approximate surface area is 168 Å². The third-order valence-electron chi connectivity index (χ3n) is 4.74. The summed E-state index contributed by atoms with van der Waals surface area (Å²) in [4.78, 5) is 17.4. The van der Waals surface area contributed by atoms with E-state index in [0.29, 0.717) is 17.2 Å². The zero-order valence-corrected chi connectivity index (χ0v) is 17.1. The predicted molar refractivity (Wildman–Crippen MR) is 112 cm³/mol. The molecule has 1 aromatic heterocycles. The summed E-state index contributed by atoms with van der Waals surface area (Å²) in [6.45, 7) is 8.36. The van der Waals surface area contributed by atoms with Gasteiger partial charge in [-0.15, -0.1) is 0 Å². The van der Waals surface area contributed by atoms with Crippen molar-refractivity contribution in [3.05, 3.63) is 53.1 Å². The molecule has 6 heteroatoms. The van der Waals surface area contributed by atoms with Crippen molar-refractivity contribution in [3.8, 4) is 11.5 Å². The number of aryl methyl sites for hydroxylation is 3. The number of rotatable bonds is 4. The van der Waals surface area contributed by atoms with Gasteiger partial charge in [-0.05, 0) is 63.1 Å². The second kappa shape index (κ2) is 7.36. The molecule has 5 nitrogen and oxygen atoms in total. The van der Waals surface area contributed by atoms with Crippen LogP contribution in [0.25, 0.3) is 10.9 Å². The summed E-state index contributed by atoms with van der Waals surface area (Å²) < 4.78 is 10.7. The Bertz CT molecular complexity index is 1080. The molecule has 0 bridgehead atoms. The summed E-state index contributed by atoms with van der Waals surface area (Å²) in [5.74, 6) is 1.27. The van der Waals surface area contributed by atoms with Crippen molar-refractivity contribution < 1.29 is 14.3 Å². The largest absolute Gasteiger partial charge is 0.454 e. The lowest BCUT2D eigenvalue weighted by molar-refractivity contribution is -0.115. The third kappa shape index (κ3) is 3.64. The molecule has 0 saturated heterocycles. The number of nitrogens with one attached hydrogen (secondary N) is 1. The van der Waals surface area contributed by atoms with Gasteiger partial charge in [-0.25, -0.2) is 4.98 Å². The summed E-state index contributed by atoms with van der Waals surface area (Å²) in [6.07, 6.45) is 0. The lowest BCUT2D eigenvalue weighted by Gasteiger charge is -2.14. The zero-order valence-electron chi connectivity index (χ0n) is 16.3. The van der Waals surface area contributed by atoms with Gasteiger partial charge in [0.25, 0.3) is 0 Å². The average molecular weight is 394 g/mol. The first kappa shape index (κ1) is 18.6. The standard InChI is InChI=1S/C22H22N2O3S/c1-12-7-14(3)21-17(8-12)13(2)9-20(24-21)28-15(4)22(25)23-16-5-6-18-19(10-16)27-11-26-18/h5-10,15H,11H2,1-4H3,(H,23,25)/t15-/m1/s1. The molecule has 28 heavy (non-hydrogen) atoms. The molecule has 2 aromatic carbocycles. The van der Waals surface area contributed by atoms with Crippen LogP contribution in [0.3, 0.4) is 0 Å². The molecule has 0 aliphatic carbocycles. The van der Waals surface area contributed by atoms with E-state index in [9.17, 15) is 4.79 Å². The number of carbonyl (C=O) groups is 1. The van der Waals surface area contributed by atoms with E-state index in [1.54, 1.807) is 12.1 Å². The molecule has 3 aromatic rings. The average Bonchev–Trinajstić information content (AvgIpc) is 3.10. The number of aromatic nitrogens is 1. The second-order valence-corrected chi connectivity index (χ2v) is 8.43. The Morgan fingerprint density at radius 2 is 1.86 bits per heavy atom. The van der Waals surface area contributed by atoms with E-state index < -0.39 is 0 Å². The number of pyridine rings is 1. The van der Waals surface area contributed by atoms with E-state index in [2.05, 4.69) is 44.3 Å². The number of hydrogen-bond acceptors (Lipinski definition) is 5. The number of hydrogen-bond donors (Lipinski definition) is 1. The lowest BCUT2D eigenvalue weighted by Crippen LogP contribution is -2.22. The summed E-state index contributed by atoms with van der Waals surface area (Å²) in [7, 11) is 0. The fourth-order valence-corrected chi connectivity index (χ4v) is 4.24. The quantitative estimate of drug-likeness (QED) is 0.631. The smallest absolute Gasteiger partial charge is 0.237 e. The summed E-state index contributed by atoms with van der Waals surface area (Å²) in [6, 6.07) is 11.7. The van der Waals surface area contributed by atoms with E-state index in [-0.39, 0.29) is 18.0 Å². The topological polar surface area (TPSA) is 60.5 Å². The number of fused-ring (bicyclic) bond motifs is 2. The van der Waals surface area contributed by atoms with E-state index >= 15 is 0 Å². The zero-order chi connectivity index (χ0) is 19.8. The van der Waals surface area contributed by atoms with Gasteiger partial charge in [-0.2, -0.15) is 0 Å². The molecular weight excluding hydrogens is 372 g/mol. The van der Waals surface area contributed by atoms with E-state index in [1.807, 2.05) is 13.0 Å². The van der Waals surface area contributed by atoms with Crippen LogP contribution in [0.1, 0.15) is 23.6 Å². The number of carbonyl (C=O) groups excluding carboxylic acids is 1. The maximum Gasteiger partial charge on any atom is 0.237 e. The molecule has 0 spiro atoms. The molecule has 1 amide bonds. The van der Waals surface area contributed by atoms with Crippen LogP contribution in [0.15, 0.2) is 41.4 Å². The Kier molecular flexibility index (Phi) is 4.89. The summed E-state index contributed by atoms with van der Waals surface area (Å²) >= 11 is 1.46. The Morgan fingerprint density at radius 1 is 1.07 bits per heavy atom. The van der Waals surface area contributed by atoms with Crippen molar-refractivity contribution in [1.82, 2.24) is 4.98 Å². The highest BCUT2D eigenvalue weighted by molar-refractivity contribution is 8.00. The minimum Gasteiger partial charge on any atom is -0.454 e. The van der Waals surface area contributed by atoms with Crippen LogP contribution in [0.2, 0.25) is 0 Å². The Balaban J connectivity index is 1.51. The molecule has 4 rings (SSSR count). The molecule has 0 unspecified atom stereocenters. The highest BCUT2D eigenvalue weighted by atomic mass is 32.2. The number of amides is 1. The summed E-state index contributed by atoms with van der Waals surface area (Å²) in [5.41, 5.74) is 5.24. The monoisotopic (exact) mass is 394 g/mol. The maximum atomic E-state index is 12.6. The van der Waals surface area contributed by atoms with Crippen molar-refractivity contribution in [3.63, 3.8) is 0 Å². The van der Waals surface area contributed by atoms with Crippen molar-refractivity contribution in [2.75, 3.05) is 12.1 Å². The number of benzene rings is 2. The molecule has 2 heterocycles. The highest BCUT2D eigenvalue weighted by Gasteiger charge is 2.19. The SMILES string of the molecule is Cc1cc(C)c2nc(S[C@H](C)C(=O)Nc3ccc4c(c3)OCO4)cc(C)c2c1. The van der Waals surface area contributed by atoms with Crippen LogP contribution in [0.5, 0.6) is 11.5 Å². The fourth-order valence-electron chi connectivity index (χ4n) is 3.33. The van der Waals surface area contributed by atoms with Crippen LogP contribution < -0.4 is 14.8 Å². The molecule has 1 aliphatic heterocycles. The van der Waals surface area contributed by atoms with Crippen molar-refractivity contribution in [2.24, 2.45) is 0 Å². The molecule has 0 fully saturated rings. The van der Waals surface area contributed by atoms with Crippen molar-refractivity contribution in [2.45, 2.75) is 38.0 Å². The molecule has 0 radical (unpaired) electrons. The first-order valence-corrected chi connectivity index (χ1v) is 10.0. The van der Waals surface area contributed by atoms with Crippen LogP contribution in [0.4, 0.5) is 5.69 Å². The number of nitrogens with zero attached hydrogens (tertiary/aromatic N) is 1. The van der Waals surface area contributed by atoms with Crippen LogP contribution in [0, 0.1) is 20.8 Å².